The molecule has 3 aliphatic heterocycles. The molecule has 0 spiro atoms. The molecular weight excluding hydrogens is 432 g/mol. The fourth-order valence-electron chi connectivity index (χ4n) is 4.28. The van der Waals surface area contributed by atoms with Crippen LogP contribution in [0.1, 0.15) is 22.3 Å². The second kappa shape index (κ2) is 8.83. The van der Waals surface area contributed by atoms with Gasteiger partial charge in [0.15, 0.2) is 0 Å². The second-order valence-corrected chi connectivity index (χ2v) is 8.07. The van der Waals surface area contributed by atoms with Crippen molar-refractivity contribution in [3.05, 3.63) is 90.0 Å². The molecule has 10 heteroatoms. The average Bonchev–Trinajstić information content (AvgIpc) is 3.50. The summed E-state index contributed by atoms with van der Waals surface area (Å²) in [5.74, 6) is 6.41. The molecule has 10 nitrogen and oxygen atoms in total. The summed E-state index contributed by atoms with van der Waals surface area (Å²) in [6.45, 7) is 4.80. The summed E-state index contributed by atoms with van der Waals surface area (Å²) in [5.41, 5.74) is 7.22. The molecule has 2 aromatic rings. The molecule has 1 atom stereocenters. The Kier molecular flexibility index (Phi) is 5.56. The van der Waals surface area contributed by atoms with Gasteiger partial charge in [0.2, 0.25) is 5.91 Å². The average molecular weight is 457 g/mol. The minimum absolute atomic E-state index is 0.0489. The Hall–Kier alpha value is -4.44. The van der Waals surface area contributed by atoms with Gasteiger partial charge >= 0.3 is 0 Å². The molecule has 172 valence electrons. The Morgan fingerprint density at radius 1 is 1.21 bits per heavy atom. The Labute approximate surface area is 196 Å². The van der Waals surface area contributed by atoms with E-state index in [0.717, 1.165) is 29.1 Å². The van der Waals surface area contributed by atoms with E-state index in [2.05, 4.69) is 27.3 Å². The predicted molar refractivity (Wildman–Crippen MR) is 128 cm³/mol. The van der Waals surface area contributed by atoms with Crippen LogP contribution in [0.3, 0.4) is 0 Å². The van der Waals surface area contributed by atoms with Crippen LogP contribution in [-0.4, -0.2) is 57.2 Å². The molecule has 0 unspecified atom stereocenters. The first-order chi connectivity index (χ1) is 16.5. The zero-order valence-corrected chi connectivity index (χ0v) is 18.4. The van der Waals surface area contributed by atoms with Gasteiger partial charge in [-0.1, -0.05) is 24.8 Å². The maximum atomic E-state index is 12.6. The van der Waals surface area contributed by atoms with Crippen molar-refractivity contribution in [3.63, 3.8) is 0 Å². The largest absolute Gasteiger partial charge is 0.337 e. The number of hydrogen-bond donors (Lipinski definition) is 3. The molecular formula is C24H24N8O2. The molecule has 0 aliphatic carbocycles. The lowest BCUT2D eigenvalue weighted by Gasteiger charge is -2.30. The molecule has 4 heterocycles. The van der Waals surface area contributed by atoms with E-state index in [9.17, 15) is 9.59 Å². The van der Waals surface area contributed by atoms with Gasteiger partial charge in [-0.05, 0) is 36.8 Å². The molecule has 3 aliphatic rings. The molecule has 4 N–H and O–H groups in total. The summed E-state index contributed by atoms with van der Waals surface area (Å²) < 4.78 is 0. The summed E-state index contributed by atoms with van der Waals surface area (Å²) in [6, 6.07) is 12.6. The van der Waals surface area contributed by atoms with Crippen LogP contribution in [0.25, 0.3) is 5.70 Å². The van der Waals surface area contributed by atoms with E-state index in [1.807, 2.05) is 23.2 Å². The van der Waals surface area contributed by atoms with E-state index >= 15 is 0 Å². The first kappa shape index (κ1) is 21.4. The Morgan fingerprint density at radius 2 is 2.03 bits per heavy atom. The van der Waals surface area contributed by atoms with Crippen molar-refractivity contribution in [3.8, 4) is 0 Å². The van der Waals surface area contributed by atoms with Crippen molar-refractivity contribution >= 4 is 29.7 Å². The Morgan fingerprint density at radius 3 is 2.76 bits per heavy atom. The number of nitrogens with two attached hydrogens (primary N) is 1. The third-order valence-electron chi connectivity index (χ3n) is 5.97. The summed E-state index contributed by atoms with van der Waals surface area (Å²) in [7, 11) is 0. The number of benzene rings is 1. The van der Waals surface area contributed by atoms with Gasteiger partial charge < -0.3 is 10.2 Å². The zero-order valence-electron chi connectivity index (χ0n) is 18.4. The number of likely N-dealkylation sites (tertiary alicyclic amines) is 1. The van der Waals surface area contributed by atoms with Crippen LogP contribution < -0.4 is 16.6 Å². The predicted octanol–water partition coefficient (Wildman–Crippen LogP) is 1.67. The number of fused-ring (bicyclic) bond motifs is 1. The number of amides is 2. The molecule has 0 bridgehead atoms. The highest BCUT2D eigenvalue weighted by atomic mass is 16.2. The minimum atomic E-state index is -0.243. The fourth-order valence-corrected chi connectivity index (χ4v) is 4.28. The summed E-state index contributed by atoms with van der Waals surface area (Å²) in [4.78, 5) is 34.8. The number of aromatic nitrogens is 1. The summed E-state index contributed by atoms with van der Waals surface area (Å²) >= 11 is 0. The fraction of sp³-hybridized carbons (Fsp3) is 0.167. The second-order valence-electron chi connectivity index (χ2n) is 8.07. The van der Waals surface area contributed by atoms with Gasteiger partial charge in [0.05, 0.1) is 17.9 Å². The van der Waals surface area contributed by atoms with Crippen LogP contribution in [0.5, 0.6) is 0 Å². The van der Waals surface area contributed by atoms with Crippen molar-refractivity contribution in [2.45, 2.75) is 12.5 Å². The van der Waals surface area contributed by atoms with E-state index in [1.54, 1.807) is 47.9 Å². The van der Waals surface area contributed by atoms with E-state index in [1.165, 1.54) is 11.1 Å². The van der Waals surface area contributed by atoms with Crippen molar-refractivity contribution in [2.75, 3.05) is 18.4 Å². The molecule has 0 radical (unpaired) electrons. The molecule has 34 heavy (non-hydrogen) atoms. The number of nitrogens with zero attached hydrogens (tertiary/aromatic N) is 5. The monoisotopic (exact) mass is 456 g/mol. The van der Waals surface area contributed by atoms with Gasteiger partial charge in [-0.2, -0.15) is 0 Å². The topological polar surface area (TPSA) is 119 Å². The Balaban J connectivity index is 1.37. The van der Waals surface area contributed by atoms with Gasteiger partial charge in [-0.25, -0.2) is 15.8 Å². The lowest BCUT2D eigenvalue weighted by atomic mass is 10.1. The Bertz CT molecular complexity index is 1220. The molecule has 1 fully saturated rings. The van der Waals surface area contributed by atoms with Gasteiger partial charge in [-0.3, -0.25) is 25.0 Å². The van der Waals surface area contributed by atoms with Gasteiger partial charge in [0.25, 0.3) is 5.91 Å². The van der Waals surface area contributed by atoms with E-state index in [4.69, 9.17) is 5.84 Å². The molecule has 1 aromatic heterocycles. The third kappa shape index (κ3) is 3.90. The van der Waals surface area contributed by atoms with E-state index in [0.29, 0.717) is 24.5 Å². The van der Waals surface area contributed by atoms with Crippen LogP contribution in [0, 0.1) is 0 Å². The number of anilines is 1. The van der Waals surface area contributed by atoms with Gasteiger partial charge in [0, 0.05) is 30.4 Å². The van der Waals surface area contributed by atoms with Crippen molar-refractivity contribution in [2.24, 2.45) is 10.8 Å². The quantitative estimate of drug-likeness (QED) is 0.463. The molecule has 1 aromatic carbocycles. The number of rotatable bonds is 5. The highest BCUT2D eigenvalue weighted by Gasteiger charge is 2.39. The van der Waals surface area contributed by atoms with E-state index in [-0.39, 0.29) is 17.9 Å². The van der Waals surface area contributed by atoms with E-state index < -0.39 is 0 Å². The number of aliphatic imine (C=N–C) groups is 1. The van der Waals surface area contributed by atoms with Crippen molar-refractivity contribution < 1.29 is 9.59 Å². The third-order valence-corrected chi connectivity index (χ3v) is 5.97. The normalized spacial score (nSPS) is 19.0. The van der Waals surface area contributed by atoms with Crippen LogP contribution in [0.2, 0.25) is 0 Å². The highest BCUT2D eigenvalue weighted by molar-refractivity contribution is 6.04. The summed E-state index contributed by atoms with van der Waals surface area (Å²) in [5, 5.41) is 6.27. The maximum Gasteiger partial charge on any atom is 0.256 e. The lowest BCUT2D eigenvalue weighted by Crippen LogP contribution is -2.43. The number of carbonyl (C=O) groups excluding carboxylic acids is 2. The lowest BCUT2D eigenvalue weighted by molar-refractivity contribution is -0.125. The number of hydrogen-bond acceptors (Lipinski definition) is 8. The van der Waals surface area contributed by atoms with Crippen molar-refractivity contribution in [1.82, 2.24) is 25.3 Å². The van der Waals surface area contributed by atoms with Crippen LogP contribution >= 0.6 is 0 Å². The standard InChI is InChI=1S/C24H24N8O2/c1-2-21(33)30-12-10-18(14-30)32-19-13-26-15-31(25)23(19)22(29-32)16-6-8-17(9-7-16)24(34)28-20-5-3-4-11-27-20/h2-9,11,13,15,18,29H,1,10,12,14,25H2,(H,27,28,34)/t18-/m1/s1. The molecule has 1 saturated heterocycles. The highest BCUT2D eigenvalue weighted by Crippen LogP contribution is 2.36. The zero-order chi connectivity index (χ0) is 23.7. The summed E-state index contributed by atoms with van der Waals surface area (Å²) in [6.07, 6.45) is 7.06. The SMILES string of the molecule is C=CC(=O)N1CC[C@@H](N2NC(c3ccc(C(=O)Nc4ccccn4)cc3)=C3C2=CN=CN3N)C1. The van der Waals surface area contributed by atoms with Crippen LogP contribution in [-0.2, 0) is 4.79 Å². The molecule has 2 amide bonds. The number of nitrogens with one attached hydrogen (secondary N) is 2. The number of carbonyl (C=O) groups is 2. The first-order valence-electron chi connectivity index (χ1n) is 10.9. The van der Waals surface area contributed by atoms with Crippen LogP contribution in [0.4, 0.5) is 5.82 Å². The molecule has 5 rings (SSSR count). The smallest absolute Gasteiger partial charge is 0.256 e. The number of hydrazine groups is 2. The number of pyridine rings is 1. The van der Waals surface area contributed by atoms with Crippen molar-refractivity contribution in [1.29, 1.82) is 0 Å². The van der Waals surface area contributed by atoms with Crippen LogP contribution in [0.15, 0.2) is 83.9 Å². The first-order valence-corrected chi connectivity index (χ1v) is 10.9. The van der Waals surface area contributed by atoms with Gasteiger partial charge in [-0.15, -0.1) is 0 Å². The maximum absolute atomic E-state index is 12.6. The minimum Gasteiger partial charge on any atom is -0.337 e. The van der Waals surface area contributed by atoms with Gasteiger partial charge in [0.1, 0.15) is 23.6 Å². The molecule has 0 saturated carbocycles.